The van der Waals surface area contributed by atoms with Crippen LogP contribution in [-0.2, 0) is 0 Å². The Bertz CT molecular complexity index is 452. The second kappa shape index (κ2) is 3.81. The molecule has 0 aliphatic carbocycles. The number of nitrogens with zero attached hydrogens (tertiary/aromatic N) is 1. The molecular formula is C13H15NO. The predicted molar refractivity (Wildman–Crippen MR) is 61.8 cm³/mol. The standard InChI is InChI=1S/C13H15NO/c1-10-7-8-11(2)14(10)12-5-4-6-13(9-12)15-3/h4-9H,1-3H3. The minimum absolute atomic E-state index is 0.889. The summed E-state index contributed by atoms with van der Waals surface area (Å²) >= 11 is 0. The van der Waals surface area contributed by atoms with Crippen LogP contribution in [0, 0.1) is 13.8 Å². The van der Waals surface area contributed by atoms with E-state index < -0.39 is 0 Å². The molecule has 2 heteroatoms. The van der Waals surface area contributed by atoms with Crippen LogP contribution in [0.25, 0.3) is 5.69 Å². The Hall–Kier alpha value is -1.70. The van der Waals surface area contributed by atoms with E-state index in [1.807, 2.05) is 18.2 Å². The van der Waals surface area contributed by atoms with Crippen LogP contribution >= 0.6 is 0 Å². The van der Waals surface area contributed by atoms with E-state index in [4.69, 9.17) is 4.74 Å². The second-order valence-corrected chi connectivity index (χ2v) is 3.65. The molecule has 78 valence electrons. The zero-order valence-electron chi connectivity index (χ0n) is 9.32. The zero-order chi connectivity index (χ0) is 10.8. The molecule has 0 bridgehead atoms. The molecule has 0 aliphatic rings. The smallest absolute Gasteiger partial charge is 0.120 e. The number of benzene rings is 1. The van der Waals surface area contributed by atoms with Gasteiger partial charge in [0.05, 0.1) is 7.11 Å². The first-order valence-electron chi connectivity index (χ1n) is 5.02. The first-order chi connectivity index (χ1) is 7.22. The van der Waals surface area contributed by atoms with Crippen molar-refractivity contribution < 1.29 is 4.74 Å². The average molecular weight is 201 g/mol. The molecule has 0 radical (unpaired) electrons. The molecule has 1 heterocycles. The predicted octanol–water partition coefficient (Wildman–Crippen LogP) is 3.10. The van der Waals surface area contributed by atoms with Crippen molar-refractivity contribution in [1.82, 2.24) is 4.57 Å². The zero-order valence-corrected chi connectivity index (χ0v) is 9.32. The lowest BCUT2D eigenvalue weighted by Crippen LogP contribution is -1.98. The molecular weight excluding hydrogens is 186 g/mol. The Balaban J connectivity index is 2.53. The van der Waals surface area contributed by atoms with Gasteiger partial charge in [-0.15, -0.1) is 0 Å². The monoisotopic (exact) mass is 201 g/mol. The molecule has 2 aromatic rings. The van der Waals surface area contributed by atoms with E-state index >= 15 is 0 Å². The van der Waals surface area contributed by atoms with E-state index in [9.17, 15) is 0 Å². The maximum absolute atomic E-state index is 5.22. The van der Waals surface area contributed by atoms with Gasteiger partial charge in [-0.1, -0.05) is 6.07 Å². The number of hydrogen-bond donors (Lipinski definition) is 0. The van der Waals surface area contributed by atoms with Crippen molar-refractivity contribution >= 4 is 0 Å². The summed E-state index contributed by atoms with van der Waals surface area (Å²) in [5.41, 5.74) is 3.62. The van der Waals surface area contributed by atoms with E-state index in [-0.39, 0.29) is 0 Å². The number of ether oxygens (including phenoxy) is 1. The summed E-state index contributed by atoms with van der Waals surface area (Å²) in [5, 5.41) is 0. The van der Waals surface area contributed by atoms with Gasteiger partial charge in [0.2, 0.25) is 0 Å². The highest BCUT2D eigenvalue weighted by atomic mass is 16.5. The van der Waals surface area contributed by atoms with Crippen LogP contribution in [0.2, 0.25) is 0 Å². The van der Waals surface area contributed by atoms with Crippen LogP contribution in [0.1, 0.15) is 11.4 Å². The van der Waals surface area contributed by atoms with Crippen LogP contribution in [0.4, 0.5) is 0 Å². The van der Waals surface area contributed by atoms with Crippen molar-refractivity contribution in [2.45, 2.75) is 13.8 Å². The third-order valence-corrected chi connectivity index (χ3v) is 2.58. The van der Waals surface area contributed by atoms with Gasteiger partial charge in [0.15, 0.2) is 0 Å². The van der Waals surface area contributed by atoms with E-state index in [2.05, 4.69) is 36.6 Å². The molecule has 0 amide bonds. The quantitative estimate of drug-likeness (QED) is 0.728. The summed E-state index contributed by atoms with van der Waals surface area (Å²) in [6, 6.07) is 12.3. The van der Waals surface area contributed by atoms with Crippen molar-refractivity contribution in [1.29, 1.82) is 0 Å². The highest BCUT2D eigenvalue weighted by molar-refractivity contribution is 5.42. The minimum Gasteiger partial charge on any atom is -0.497 e. The van der Waals surface area contributed by atoms with Crippen molar-refractivity contribution in [3.05, 3.63) is 47.8 Å². The lowest BCUT2D eigenvalue weighted by Gasteiger charge is -2.10. The lowest BCUT2D eigenvalue weighted by atomic mass is 10.3. The summed E-state index contributed by atoms with van der Waals surface area (Å²) < 4.78 is 7.43. The van der Waals surface area contributed by atoms with Gasteiger partial charge in [0, 0.05) is 23.1 Å². The van der Waals surface area contributed by atoms with Crippen molar-refractivity contribution in [3.63, 3.8) is 0 Å². The largest absolute Gasteiger partial charge is 0.497 e. The normalized spacial score (nSPS) is 10.3. The molecule has 0 aliphatic heterocycles. The van der Waals surface area contributed by atoms with E-state index in [0.29, 0.717) is 0 Å². The number of rotatable bonds is 2. The number of hydrogen-bond acceptors (Lipinski definition) is 1. The minimum atomic E-state index is 0.889. The molecule has 0 spiro atoms. The van der Waals surface area contributed by atoms with Gasteiger partial charge in [-0.05, 0) is 38.1 Å². The number of aryl methyl sites for hydroxylation is 2. The van der Waals surface area contributed by atoms with Crippen LogP contribution in [0.3, 0.4) is 0 Å². The Morgan fingerprint density at radius 1 is 1.00 bits per heavy atom. The number of aromatic nitrogens is 1. The first kappa shape index (κ1) is 9.84. The molecule has 15 heavy (non-hydrogen) atoms. The Labute approximate surface area is 90.1 Å². The molecule has 1 aromatic heterocycles. The summed E-state index contributed by atoms with van der Waals surface area (Å²) in [6.45, 7) is 4.21. The Kier molecular flexibility index (Phi) is 2.50. The molecule has 1 aromatic carbocycles. The summed E-state index contributed by atoms with van der Waals surface area (Å²) in [5.74, 6) is 0.889. The van der Waals surface area contributed by atoms with Gasteiger partial charge < -0.3 is 9.30 Å². The maximum atomic E-state index is 5.22. The third kappa shape index (κ3) is 1.75. The molecule has 0 unspecified atom stereocenters. The van der Waals surface area contributed by atoms with Crippen LogP contribution < -0.4 is 4.74 Å². The van der Waals surface area contributed by atoms with Gasteiger partial charge in [-0.2, -0.15) is 0 Å². The maximum Gasteiger partial charge on any atom is 0.120 e. The second-order valence-electron chi connectivity index (χ2n) is 3.65. The van der Waals surface area contributed by atoms with Crippen molar-refractivity contribution in [3.8, 4) is 11.4 Å². The summed E-state index contributed by atoms with van der Waals surface area (Å²) in [7, 11) is 1.69. The topological polar surface area (TPSA) is 14.2 Å². The van der Waals surface area contributed by atoms with E-state index in [1.54, 1.807) is 7.11 Å². The van der Waals surface area contributed by atoms with Gasteiger partial charge >= 0.3 is 0 Å². The van der Waals surface area contributed by atoms with Crippen LogP contribution in [0.5, 0.6) is 5.75 Å². The Morgan fingerprint density at radius 2 is 1.67 bits per heavy atom. The molecule has 0 fully saturated rings. The average Bonchev–Trinajstić information content (AvgIpc) is 2.59. The molecule has 0 saturated heterocycles. The van der Waals surface area contributed by atoms with E-state index in [0.717, 1.165) is 11.4 Å². The molecule has 0 atom stereocenters. The van der Waals surface area contributed by atoms with Crippen LogP contribution in [-0.4, -0.2) is 11.7 Å². The van der Waals surface area contributed by atoms with Gasteiger partial charge in [0.1, 0.15) is 5.75 Å². The summed E-state index contributed by atoms with van der Waals surface area (Å²) in [6.07, 6.45) is 0. The molecule has 2 nitrogen and oxygen atoms in total. The fraction of sp³-hybridized carbons (Fsp3) is 0.231. The number of methoxy groups -OCH3 is 1. The van der Waals surface area contributed by atoms with Crippen molar-refractivity contribution in [2.24, 2.45) is 0 Å². The molecule has 0 saturated carbocycles. The molecule has 0 N–H and O–H groups in total. The fourth-order valence-corrected chi connectivity index (χ4v) is 1.83. The highest BCUT2D eigenvalue weighted by Crippen LogP contribution is 2.20. The third-order valence-electron chi connectivity index (χ3n) is 2.58. The van der Waals surface area contributed by atoms with Crippen molar-refractivity contribution in [2.75, 3.05) is 7.11 Å². The lowest BCUT2D eigenvalue weighted by molar-refractivity contribution is 0.414. The Morgan fingerprint density at radius 3 is 2.27 bits per heavy atom. The van der Waals surface area contributed by atoms with Gasteiger partial charge in [-0.25, -0.2) is 0 Å². The fourth-order valence-electron chi connectivity index (χ4n) is 1.83. The molecule has 2 rings (SSSR count). The summed E-state index contributed by atoms with van der Waals surface area (Å²) in [4.78, 5) is 0. The SMILES string of the molecule is COc1cccc(-n2c(C)ccc2C)c1. The van der Waals surface area contributed by atoms with Crippen LogP contribution in [0.15, 0.2) is 36.4 Å². The van der Waals surface area contributed by atoms with Gasteiger partial charge in [-0.3, -0.25) is 0 Å². The van der Waals surface area contributed by atoms with E-state index in [1.165, 1.54) is 11.4 Å². The highest BCUT2D eigenvalue weighted by Gasteiger charge is 2.03. The first-order valence-corrected chi connectivity index (χ1v) is 5.02. The van der Waals surface area contributed by atoms with Gasteiger partial charge in [0.25, 0.3) is 0 Å².